The summed E-state index contributed by atoms with van der Waals surface area (Å²) in [6.45, 7) is -0.299. The highest BCUT2D eigenvalue weighted by Crippen LogP contribution is 2.19. The number of nitrogens with two attached hydrogens (primary N) is 1. The predicted molar refractivity (Wildman–Crippen MR) is 131 cm³/mol. The lowest BCUT2D eigenvalue weighted by Crippen LogP contribution is -2.57. The number of rotatable bonds is 13. The molecule has 2 aromatic rings. The highest BCUT2D eigenvalue weighted by Gasteiger charge is 2.29. The van der Waals surface area contributed by atoms with Crippen molar-refractivity contribution >= 4 is 59.0 Å². The molecule has 180 valence electrons. The van der Waals surface area contributed by atoms with Gasteiger partial charge >= 0.3 is 5.97 Å². The number of carboxylic acid groups (broad SMARTS) is 1. The Labute approximate surface area is 201 Å². The van der Waals surface area contributed by atoms with Gasteiger partial charge in [-0.1, -0.05) is 18.2 Å². The number of aliphatic carboxylic acids is 1. The number of hydrogen-bond donors (Lipinski definition) is 7. The third-order valence-electron chi connectivity index (χ3n) is 4.98. The molecule has 1 aromatic heterocycles. The Morgan fingerprint density at radius 1 is 1.09 bits per heavy atom. The zero-order valence-corrected chi connectivity index (χ0v) is 19.9. The highest BCUT2D eigenvalue weighted by molar-refractivity contribution is 7.98. The van der Waals surface area contributed by atoms with Crippen molar-refractivity contribution in [3.63, 3.8) is 0 Å². The van der Waals surface area contributed by atoms with E-state index in [0.717, 1.165) is 16.5 Å². The van der Waals surface area contributed by atoms with Gasteiger partial charge in [-0.3, -0.25) is 14.4 Å². The lowest BCUT2D eigenvalue weighted by atomic mass is 10.0. The van der Waals surface area contributed by atoms with Gasteiger partial charge in [0.25, 0.3) is 0 Å². The van der Waals surface area contributed by atoms with Crippen molar-refractivity contribution < 1.29 is 24.3 Å². The van der Waals surface area contributed by atoms with Crippen LogP contribution in [0, 0.1) is 0 Å². The van der Waals surface area contributed by atoms with Gasteiger partial charge in [-0.05, 0) is 30.1 Å². The Balaban J connectivity index is 2.26. The van der Waals surface area contributed by atoms with Crippen LogP contribution in [0.5, 0.6) is 0 Å². The van der Waals surface area contributed by atoms with Crippen LogP contribution in [0.15, 0.2) is 30.5 Å². The molecule has 3 atom stereocenters. The summed E-state index contributed by atoms with van der Waals surface area (Å²) in [6.07, 6.45) is 3.93. The fourth-order valence-corrected chi connectivity index (χ4v) is 3.94. The van der Waals surface area contributed by atoms with Gasteiger partial charge < -0.3 is 31.8 Å². The van der Waals surface area contributed by atoms with E-state index in [1.54, 1.807) is 6.20 Å². The molecule has 0 saturated carbocycles. The van der Waals surface area contributed by atoms with Crippen LogP contribution in [0.25, 0.3) is 10.9 Å². The van der Waals surface area contributed by atoms with Gasteiger partial charge in [0, 0.05) is 29.3 Å². The van der Waals surface area contributed by atoms with Gasteiger partial charge in [-0.2, -0.15) is 24.4 Å². The van der Waals surface area contributed by atoms with Gasteiger partial charge in [0.15, 0.2) is 0 Å². The smallest absolute Gasteiger partial charge is 0.326 e. The molecule has 0 aliphatic heterocycles. The SMILES string of the molecule is CSCCC(NC(=O)C(Cc1c[nH]c2ccccc12)NC(=O)C(CS)NC(=O)CN)C(=O)O. The number of H-pyrrole nitrogens is 1. The fraction of sp³-hybridized carbons (Fsp3) is 0.429. The number of carbonyl (C=O) groups excluding carboxylic acids is 3. The largest absolute Gasteiger partial charge is 0.480 e. The van der Waals surface area contributed by atoms with Crippen LogP contribution >= 0.6 is 24.4 Å². The second-order valence-corrected chi connectivity index (χ2v) is 8.66. The van der Waals surface area contributed by atoms with Crippen LogP contribution in [-0.4, -0.2) is 76.2 Å². The van der Waals surface area contributed by atoms with Crippen LogP contribution in [0.2, 0.25) is 0 Å². The van der Waals surface area contributed by atoms with Crippen molar-refractivity contribution in [2.45, 2.75) is 31.0 Å². The molecule has 1 heterocycles. The first-order valence-corrected chi connectivity index (χ1v) is 12.3. The number of thioether (sulfide) groups is 1. The number of carbonyl (C=O) groups is 4. The number of carboxylic acids is 1. The molecule has 0 aliphatic rings. The maximum atomic E-state index is 13.1. The van der Waals surface area contributed by atoms with E-state index in [1.165, 1.54) is 11.8 Å². The molecule has 3 unspecified atom stereocenters. The lowest BCUT2D eigenvalue weighted by molar-refractivity contribution is -0.142. The first kappa shape index (κ1) is 26.6. The summed E-state index contributed by atoms with van der Waals surface area (Å²) < 4.78 is 0. The quantitative estimate of drug-likeness (QED) is 0.190. The standard InChI is InChI=1S/C21H29N5O5S2/c1-33-7-6-15(21(30)31)25-19(28)16(26-20(29)17(11-32)24-18(27)9-22)8-12-10-23-14-5-3-2-4-13(12)14/h2-5,10,15-17,23,32H,6-9,11,22H2,1H3,(H,24,27)(H,25,28)(H,26,29)(H,30,31). The van der Waals surface area contributed by atoms with Gasteiger partial charge in [-0.15, -0.1) is 0 Å². The minimum absolute atomic E-state index is 0.00945. The van der Waals surface area contributed by atoms with Gasteiger partial charge in [-0.25, -0.2) is 4.79 Å². The minimum Gasteiger partial charge on any atom is -0.480 e. The molecule has 0 saturated heterocycles. The summed E-state index contributed by atoms with van der Waals surface area (Å²) in [5.74, 6) is -2.41. The average Bonchev–Trinajstić information content (AvgIpc) is 3.21. The molecular formula is C21H29N5O5S2. The number of aromatic nitrogens is 1. The molecular weight excluding hydrogens is 466 g/mol. The van der Waals surface area contributed by atoms with Crippen LogP contribution in [0.4, 0.5) is 0 Å². The van der Waals surface area contributed by atoms with Crippen molar-refractivity contribution in [3.05, 3.63) is 36.0 Å². The Morgan fingerprint density at radius 2 is 1.76 bits per heavy atom. The van der Waals surface area contributed by atoms with E-state index < -0.39 is 41.8 Å². The van der Waals surface area contributed by atoms with Crippen molar-refractivity contribution in [3.8, 4) is 0 Å². The number of benzene rings is 1. The summed E-state index contributed by atoms with van der Waals surface area (Å²) in [5, 5.41) is 18.0. The molecule has 33 heavy (non-hydrogen) atoms. The van der Waals surface area contributed by atoms with E-state index in [4.69, 9.17) is 5.73 Å². The van der Waals surface area contributed by atoms with E-state index >= 15 is 0 Å². The second-order valence-electron chi connectivity index (χ2n) is 7.31. The highest BCUT2D eigenvalue weighted by atomic mass is 32.2. The Bertz CT molecular complexity index is 983. The molecule has 0 spiro atoms. The number of amides is 3. The van der Waals surface area contributed by atoms with Gasteiger partial charge in [0.05, 0.1) is 6.54 Å². The van der Waals surface area contributed by atoms with Crippen LogP contribution in [0.3, 0.4) is 0 Å². The number of aromatic amines is 1. The summed E-state index contributed by atoms with van der Waals surface area (Å²) in [4.78, 5) is 52.2. The van der Waals surface area contributed by atoms with Crippen LogP contribution in [-0.2, 0) is 25.6 Å². The molecule has 10 nitrogen and oxygen atoms in total. The molecule has 1 aromatic carbocycles. The summed E-state index contributed by atoms with van der Waals surface area (Å²) in [5.41, 5.74) is 6.94. The number of thiol groups is 1. The average molecular weight is 496 g/mol. The van der Waals surface area contributed by atoms with E-state index in [-0.39, 0.29) is 25.1 Å². The van der Waals surface area contributed by atoms with Crippen molar-refractivity contribution in [2.24, 2.45) is 5.73 Å². The van der Waals surface area contributed by atoms with E-state index in [1.807, 2.05) is 30.5 Å². The van der Waals surface area contributed by atoms with Crippen molar-refractivity contribution in [1.29, 1.82) is 0 Å². The Morgan fingerprint density at radius 3 is 2.39 bits per heavy atom. The summed E-state index contributed by atoms with van der Waals surface area (Å²) >= 11 is 5.56. The zero-order chi connectivity index (χ0) is 24.4. The topological polar surface area (TPSA) is 166 Å². The molecule has 0 aliphatic carbocycles. The number of fused-ring (bicyclic) bond motifs is 1. The van der Waals surface area contributed by atoms with E-state index in [2.05, 4.69) is 33.6 Å². The van der Waals surface area contributed by atoms with E-state index in [9.17, 15) is 24.3 Å². The Kier molecular flexibility index (Phi) is 10.6. The molecule has 7 N–H and O–H groups in total. The third kappa shape index (κ3) is 7.69. The molecule has 0 bridgehead atoms. The van der Waals surface area contributed by atoms with Gasteiger partial charge in [0.2, 0.25) is 17.7 Å². The molecule has 0 fully saturated rings. The van der Waals surface area contributed by atoms with Gasteiger partial charge in [0.1, 0.15) is 18.1 Å². The predicted octanol–water partition coefficient (Wildman–Crippen LogP) is -0.109. The lowest BCUT2D eigenvalue weighted by Gasteiger charge is -2.24. The first-order valence-electron chi connectivity index (χ1n) is 10.3. The molecule has 2 rings (SSSR count). The van der Waals surface area contributed by atoms with Crippen molar-refractivity contribution in [2.75, 3.05) is 24.3 Å². The summed E-state index contributed by atoms with van der Waals surface area (Å²) in [6, 6.07) is 4.32. The maximum absolute atomic E-state index is 13.1. The number of nitrogens with one attached hydrogen (secondary N) is 4. The monoisotopic (exact) mass is 495 g/mol. The third-order valence-corrected chi connectivity index (χ3v) is 5.99. The zero-order valence-electron chi connectivity index (χ0n) is 18.2. The number of hydrogen-bond acceptors (Lipinski definition) is 7. The summed E-state index contributed by atoms with van der Waals surface area (Å²) in [7, 11) is 0. The second kappa shape index (κ2) is 13.1. The molecule has 3 amide bonds. The minimum atomic E-state index is -1.15. The van der Waals surface area contributed by atoms with Crippen LogP contribution in [0.1, 0.15) is 12.0 Å². The molecule has 12 heteroatoms. The Hall–Kier alpha value is -2.70. The first-order chi connectivity index (χ1) is 15.8. The van der Waals surface area contributed by atoms with Crippen molar-refractivity contribution in [1.82, 2.24) is 20.9 Å². The number of para-hydroxylation sites is 1. The molecule has 0 radical (unpaired) electrons. The van der Waals surface area contributed by atoms with E-state index in [0.29, 0.717) is 5.75 Å². The van der Waals surface area contributed by atoms with Crippen LogP contribution < -0.4 is 21.7 Å². The fourth-order valence-electron chi connectivity index (χ4n) is 3.21. The maximum Gasteiger partial charge on any atom is 0.326 e. The normalized spacial score (nSPS) is 13.7.